The van der Waals surface area contributed by atoms with Crippen molar-refractivity contribution >= 4 is 50.3 Å². The number of fused-ring (bicyclic) bond motifs is 4. The molecule has 1 aliphatic rings. The third-order valence-electron chi connectivity index (χ3n) is 7.51. The van der Waals surface area contributed by atoms with E-state index in [1.807, 2.05) is 14.1 Å². The van der Waals surface area contributed by atoms with E-state index in [2.05, 4.69) is 25.1 Å². The van der Waals surface area contributed by atoms with E-state index >= 15 is 0 Å². The Morgan fingerprint density at radius 1 is 1.24 bits per heavy atom. The molecule has 1 fully saturated rings. The van der Waals surface area contributed by atoms with Crippen molar-refractivity contribution in [2.75, 3.05) is 57.6 Å². The Bertz CT molecular complexity index is 1900. The van der Waals surface area contributed by atoms with Gasteiger partial charge in [-0.1, -0.05) is 0 Å². The minimum atomic E-state index is -1.30. The minimum absolute atomic E-state index is 0.0650. The van der Waals surface area contributed by atoms with Crippen molar-refractivity contribution < 1.29 is 19.0 Å². The standard InChI is InChI=1S/C29H30FN7O4/c1-31-22-9-16(30)8-18-23-25(37-5-6-41-17(13-37)12-35(2)3)20(11-32-27(23)34-24(18)22)15-7-19-26(38)21(29(39)40)14-36(4)28(19)33-10-15/h7-11,14,17,31H,5-6,12-13H2,1-4H3,(H,32,34)(H,39,40)/t17-/m1/s1. The molecular weight excluding hydrogens is 529 g/mol. The van der Waals surface area contributed by atoms with E-state index in [1.165, 1.54) is 22.9 Å². The number of anilines is 2. The lowest BCUT2D eigenvalue weighted by molar-refractivity contribution is 0.0249. The highest BCUT2D eigenvalue weighted by atomic mass is 19.1. The first-order chi connectivity index (χ1) is 19.7. The fraction of sp³-hybridized carbons (Fsp3) is 0.310. The number of aromatic carboxylic acids is 1. The number of H-pyrrole nitrogens is 1. The number of aryl methyl sites for hydroxylation is 1. The van der Waals surface area contributed by atoms with Crippen molar-refractivity contribution in [2.24, 2.45) is 7.05 Å². The average Bonchev–Trinajstić information content (AvgIpc) is 3.32. The summed E-state index contributed by atoms with van der Waals surface area (Å²) in [6.07, 6.45) is 4.58. The molecule has 6 rings (SSSR count). The van der Waals surface area contributed by atoms with Crippen LogP contribution in [-0.4, -0.2) is 89.0 Å². The van der Waals surface area contributed by atoms with Crippen LogP contribution in [-0.2, 0) is 11.8 Å². The van der Waals surface area contributed by atoms with Crippen LogP contribution in [0, 0.1) is 5.82 Å². The summed E-state index contributed by atoms with van der Waals surface area (Å²) in [5.74, 6) is -1.69. The molecule has 41 heavy (non-hydrogen) atoms. The van der Waals surface area contributed by atoms with Gasteiger partial charge in [-0.3, -0.25) is 4.79 Å². The van der Waals surface area contributed by atoms with Crippen LogP contribution in [0.1, 0.15) is 10.4 Å². The molecule has 5 aromatic rings. The van der Waals surface area contributed by atoms with Gasteiger partial charge >= 0.3 is 5.97 Å². The van der Waals surface area contributed by atoms with Gasteiger partial charge in [-0.05, 0) is 32.3 Å². The SMILES string of the molecule is CNc1cc(F)cc2c1[nH]c1ncc(-c3cnc4c(c3)c(=O)c(C(=O)O)cn4C)c(N3CCO[C@H](CN(C)C)C3)c12. The Kier molecular flexibility index (Phi) is 6.59. The number of carbonyl (C=O) groups is 1. The van der Waals surface area contributed by atoms with Crippen LogP contribution in [0.25, 0.3) is 44.1 Å². The summed E-state index contributed by atoms with van der Waals surface area (Å²) < 4.78 is 22.4. The van der Waals surface area contributed by atoms with E-state index in [4.69, 9.17) is 9.72 Å². The number of carboxylic acids is 1. The summed E-state index contributed by atoms with van der Waals surface area (Å²) in [5.41, 5.74) is 3.44. The first-order valence-electron chi connectivity index (χ1n) is 13.2. The molecule has 0 saturated carbocycles. The number of ether oxygens (including phenoxy) is 1. The summed E-state index contributed by atoms with van der Waals surface area (Å²) in [5, 5.41) is 14.2. The monoisotopic (exact) mass is 559 g/mol. The molecule has 0 spiro atoms. The Balaban J connectivity index is 1.65. The van der Waals surface area contributed by atoms with E-state index in [-0.39, 0.29) is 22.9 Å². The number of nitrogens with zero attached hydrogens (tertiary/aromatic N) is 5. The number of nitrogens with one attached hydrogen (secondary N) is 2. The summed E-state index contributed by atoms with van der Waals surface area (Å²) in [6, 6.07) is 4.59. The lowest BCUT2D eigenvalue weighted by Gasteiger charge is -2.37. The molecular formula is C29H30FN7O4. The van der Waals surface area contributed by atoms with E-state index in [1.54, 1.807) is 32.6 Å². The van der Waals surface area contributed by atoms with Gasteiger partial charge in [-0.15, -0.1) is 0 Å². The molecule has 0 amide bonds. The van der Waals surface area contributed by atoms with Gasteiger partial charge in [0, 0.05) is 68.8 Å². The maximum atomic E-state index is 14.8. The Morgan fingerprint density at radius 2 is 2.05 bits per heavy atom. The molecule has 0 aliphatic carbocycles. The second kappa shape index (κ2) is 10.1. The van der Waals surface area contributed by atoms with Gasteiger partial charge in [0.2, 0.25) is 5.43 Å². The quantitative estimate of drug-likeness (QED) is 0.287. The van der Waals surface area contributed by atoms with Gasteiger partial charge in [-0.25, -0.2) is 19.2 Å². The number of hydrogen-bond donors (Lipinski definition) is 3. The van der Waals surface area contributed by atoms with Crippen molar-refractivity contribution in [3.05, 3.63) is 58.4 Å². The van der Waals surface area contributed by atoms with Crippen LogP contribution in [0.2, 0.25) is 0 Å². The van der Waals surface area contributed by atoms with Gasteiger partial charge < -0.3 is 34.5 Å². The van der Waals surface area contributed by atoms with Crippen molar-refractivity contribution in [3.8, 4) is 11.1 Å². The highest BCUT2D eigenvalue weighted by molar-refractivity contribution is 6.17. The van der Waals surface area contributed by atoms with E-state index in [0.29, 0.717) is 53.2 Å². The van der Waals surface area contributed by atoms with Crippen LogP contribution in [0.5, 0.6) is 0 Å². The number of likely N-dealkylation sites (N-methyl/N-ethyl adjacent to an activating group) is 1. The fourth-order valence-corrected chi connectivity index (χ4v) is 5.75. The number of benzene rings is 1. The summed E-state index contributed by atoms with van der Waals surface area (Å²) in [6.45, 7) is 2.39. The number of pyridine rings is 3. The normalized spacial score (nSPS) is 15.9. The van der Waals surface area contributed by atoms with Crippen LogP contribution >= 0.6 is 0 Å². The van der Waals surface area contributed by atoms with Crippen molar-refractivity contribution in [1.82, 2.24) is 24.4 Å². The molecule has 11 nitrogen and oxygen atoms in total. The summed E-state index contributed by atoms with van der Waals surface area (Å²) in [7, 11) is 7.37. The highest BCUT2D eigenvalue weighted by Crippen LogP contribution is 2.42. The highest BCUT2D eigenvalue weighted by Gasteiger charge is 2.28. The third-order valence-corrected chi connectivity index (χ3v) is 7.51. The second-order valence-electron chi connectivity index (χ2n) is 10.6. The topological polar surface area (TPSA) is 129 Å². The number of hydrogen-bond acceptors (Lipinski definition) is 8. The second-order valence-corrected chi connectivity index (χ2v) is 10.6. The van der Waals surface area contributed by atoms with Crippen molar-refractivity contribution in [1.29, 1.82) is 0 Å². The molecule has 4 aromatic heterocycles. The molecule has 0 unspecified atom stereocenters. The smallest absolute Gasteiger partial charge is 0.341 e. The minimum Gasteiger partial charge on any atom is -0.477 e. The van der Waals surface area contributed by atoms with E-state index in [0.717, 1.165) is 23.1 Å². The zero-order chi connectivity index (χ0) is 29.0. The Morgan fingerprint density at radius 3 is 2.78 bits per heavy atom. The number of aromatic amines is 1. The number of rotatable bonds is 6. The van der Waals surface area contributed by atoms with Crippen LogP contribution < -0.4 is 15.6 Å². The van der Waals surface area contributed by atoms with Gasteiger partial charge in [0.15, 0.2) is 0 Å². The molecule has 5 heterocycles. The molecule has 0 bridgehead atoms. The molecule has 0 radical (unpaired) electrons. The summed E-state index contributed by atoms with van der Waals surface area (Å²) >= 11 is 0. The fourth-order valence-electron chi connectivity index (χ4n) is 5.75. The van der Waals surface area contributed by atoms with E-state index in [9.17, 15) is 19.1 Å². The van der Waals surface area contributed by atoms with Gasteiger partial charge in [0.05, 0.1) is 40.4 Å². The zero-order valence-corrected chi connectivity index (χ0v) is 23.2. The van der Waals surface area contributed by atoms with Gasteiger partial charge in [0.25, 0.3) is 0 Å². The average molecular weight is 560 g/mol. The maximum Gasteiger partial charge on any atom is 0.341 e. The maximum absolute atomic E-state index is 14.8. The number of carboxylic acid groups (broad SMARTS) is 1. The number of halogens is 1. The first kappa shape index (κ1) is 26.7. The van der Waals surface area contributed by atoms with Gasteiger partial charge in [-0.2, -0.15) is 0 Å². The molecule has 1 aromatic carbocycles. The number of aromatic nitrogens is 4. The molecule has 212 valence electrons. The predicted molar refractivity (Wildman–Crippen MR) is 157 cm³/mol. The molecule has 1 atom stereocenters. The predicted octanol–water partition coefficient (Wildman–Crippen LogP) is 3.28. The molecule has 1 saturated heterocycles. The lowest BCUT2D eigenvalue weighted by Crippen LogP contribution is -2.46. The first-order valence-corrected chi connectivity index (χ1v) is 13.2. The van der Waals surface area contributed by atoms with Crippen LogP contribution in [0.4, 0.5) is 15.8 Å². The largest absolute Gasteiger partial charge is 0.477 e. The van der Waals surface area contributed by atoms with Crippen molar-refractivity contribution in [3.63, 3.8) is 0 Å². The van der Waals surface area contributed by atoms with Crippen LogP contribution in [0.3, 0.4) is 0 Å². The molecule has 3 N–H and O–H groups in total. The molecule has 12 heteroatoms. The summed E-state index contributed by atoms with van der Waals surface area (Å²) in [4.78, 5) is 41.8. The lowest BCUT2D eigenvalue weighted by atomic mass is 10.0. The Labute approximate surface area is 234 Å². The van der Waals surface area contributed by atoms with E-state index < -0.39 is 11.4 Å². The zero-order valence-electron chi connectivity index (χ0n) is 23.2. The molecule has 1 aliphatic heterocycles. The van der Waals surface area contributed by atoms with Gasteiger partial charge in [0.1, 0.15) is 22.7 Å². The van der Waals surface area contributed by atoms with Crippen molar-refractivity contribution in [2.45, 2.75) is 6.10 Å². The Hall–Kier alpha value is -4.55. The van der Waals surface area contributed by atoms with Crippen LogP contribution in [0.15, 0.2) is 41.6 Å². The third kappa shape index (κ3) is 4.54. The number of morpholine rings is 1.